The summed E-state index contributed by atoms with van der Waals surface area (Å²) in [5.74, 6) is 0.956. The minimum absolute atomic E-state index is 0.0157. The molecule has 0 aliphatic rings. The number of ether oxygens (including phenoxy) is 1. The highest BCUT2D eigenvalue weighted by Gasteiger charge is 2.03. The first-order valence-electron chi connectivity index (χ1n) is 28.2. The van der Waals surface area contributed by atoms with E-state index in [1.165, 1.54) is 276 Å². The fourth-order valence-corrected chi connectivity index (χ4v) is 8.79. The van der Waals surface area contributed by atoms with Crippen molar-refractivity contribution in [1.82, 2.24) is 0 Å². The Bertz CT molecular complexity index is 844. The van der Waals surface area contributed by atoms with E-state index in [1.807, 2.05) is 0 Å². The third-order valence-electron chi connectivity index (χ3n) is 13.4. The molecule has 1 atom stereocenters. The quantitative estimate of drug-likeness (QED) is 0.0346. The Kier molecular flexibility index (Phi) is 53.1. The Hall–Kier alpha value is -1.05. The third kappa shape index (κ3) is 53.1. The summed E-state index contributed by atoms with van der Waals surface area (Å²) in [6.07, 6.45) is 74.9. The van der Waals surface area contributed by atoms with E-state index in [9.17, 15) is 4.79 Å². The molecule has 0 fully saturated rings. The molecule has 0 saturated heterocycles. The average Bonchev–Trinajstić information content (AvgIpc) is 3.25. The molecule has 0 amide bonds. The van der Waals surface area contributed by atoms with Gasteiger partial charge in [0.05, 0.1) is 6.61 Å². The van der Waals surface area contributed by atoms with Crippen molar-refractivity contribution >= 4 is 5.97 Å². The van der Waals surface area contributed by atoms with Gasteiger partial charge in [0.15, 0.2) is 0 Å². The molecule has 2 nitrogen and oxygen atoms in total. The van der Waals surface area contributed by atoms with Crippen LogP contribution in [0.1, 0.15) is 329 Å². The van der Waals surface area contributed by atoms with Gasteiger partial charge < -0.3 is 4.74 Å². The summed E-state index contributed by atoms with van der Waals surface area (Å²) in [6, 6.07) is 0. The van der Waals surface area contributed by atoms with Gasteiger partial charge in [-0.3, -0.25) is 4.79 Å². The molecular weight excluding hydrogens is 729 g/mol. The van der Waals surface area contributed by atoms with Gasteiger partial charge in [-0.15, -0.1) is 0 Å². The molecule has 1 unspecified atom stereocenters. The van der Waals surface area contributed by atoms with Crippen LogP contribution in [0.15, 0.2) is 24.3 Å². The smallest absolute Gasteiger partial charge is 0.305 e. The number of allylic oxidation sites excluding steroid dienone is 4. The first kappa shape index (κ1) is 58.9. The van der Waals surface area contributed by atoms with Crippen LogP contribution in [0.5, 0.6) is 0 Å². The van der Waals surface area contributed by atoms with E-state index in [2.05, 4.69) is 45.1 Å². The summed E-state index contributed by atoms with van der Waals surface area (Å²) in [6.45, 7) is 7.62. The molecule has 0 spiro atoms. The SMILES string of the molecule is CCCCC/C=C\C/C=C\CCCCCCCC(=O)OCCCCCCCCCCCCCCCCCCCCCCCCCCCCCCCCCCCCC(C)CC. The van der Waals surface area contributed by atoms with E-state index < -0.39 is 0 Å². The van der Waals surface area contributed by atoms with Crippen LogP contribution in [-0.4, -0.2) is 12.6 Å². The summed E-state index contributed by atoms with van der Waals surface area (Å²) in [4.78, 5) is 12.0. The minimum atomic E-state index is 0.0157. The molecule has 60 heavy (non-hydrogen) atoms. The van der Waals surface area contributed by atoms with E-state index in [1.54, 1.807) is 0 Å². The van der Waals surface area contributed by atoms with Crippen molar-refractivity contribution < 1.29 is 9.53 Å². The monoisotopic (exact) mass is 841 g/mol. The van der Waals surface area contributed by atoms with Gasteiger partial charge in [0.25, 0.3) is 0 Å². The second-order valence-electron chi connectivity index (χ2n) is 19.5. The van der Waals surface area contributed by atoms with E-state index in [0.717, 1.165) is 31.6 Å². The van der Waals surface area contributed by atoms with Gasteiger partial charge in [0.2, 0.25) is 0 Å². The maximum atomic E-state index is 12.0. The van der Waals surface area contributed by atoms with Crippen LogP contribution in [0, 0.1) is 5.92 Å². The Balaban J connectivity index is 3.16. The van der Waals surface area contributed by atoms with Gasteiger partial charge >= 0.3 is 5.97 Å². The van der Waals surface area contributed by atoms with Crippen LogP contribution in [-0.2, 0) is 9.53 Å². The molecule has 0 aromatic rings. The Morgan fingerprint density at radius 2 is 0.667 bits per heavy atom. The molecule has 0 bridgehead atoms. The maximum absolute atomic E-state index is 12.0. The first-order valence-corrected chi connectivity index (χ1v) is 28.2. The lowest BCUT2D eigenvalue weighted by atomic mass is 9.99. The van der Waals surface area contributed by atoms with Crippen LogP contribution in [0.3, 0.4) is 0 Å². The van der Waals surface area contributed by atoms with E-state index >= 15 is 0 Å². The fraction of sp³-hybridized carbons (Fsp3) is 0.914. The average molecular weight is 842 g/mol. The Morgan fingerprint density at radius 1 is 0.367 bits per heavy atom. The maximum Gasteiger partial charge on any atom is 0.305 e. The first-order chi connectivity index (χ1) is 29.7. The van der Waals surface area contributed by atoms with E-state index in [4.69, 9.17) is 4.74 Å². The molecule has 0 saturated carbocycles. The van der Waals surface area contributed by atoms with Crippen molar-refractivity contribution in [3.63, 3.8) is 0 Å². The van der Waals surface area contributed by atoms with E-state index in [0.29, 0.717) is 13.0 Å². The van der Waals surface area contributed by atoms with Crippen LogP contribution in [0.25, 0.3) is 0 Å². The summed E-state index contributed by atoms with van der Waals surface area (Å²) >= 11 is 0. The van der Waals surface area contributed by atoms with Crippen LogP contribution < -0.4 is 0 Å². The summed E-state index contributed by atoms with van der Waals surface area (Å²) in [5, 5.41) is 0. The summed E-state index contributed by atoms with van der Waals surface area (Å²) in [7, 11) is 0. The zero-order chi connectivity index (χ0) is 43.3. The molecule has 356 valence electrons. The minimum Gasteiger partial charge on any atom is -0.466 e. The van der Waals surface area contributed by atoms with Crippen molar-refractivity contribution in [2.45, 2.75) is 329 Å². The Morgan fingerprint density at radius 3 is 1.02 bits per heavy atom. The molecule has 0 aromatic heterocycles. The van der Waals surface area contributed by atoms with Crippen molar-refractivity contribution in [3.05, 3.63) is 24.3 Å². The molecule has 0 radical (unpaired) electrons. The third-order valence-corrected chi connectivity index (χ3v) is 13.4. The molecule has 2 heteroatoms. The highest BCUT2D eigenvalue weighted by atomic mass is 16.5. The van der Waals surface area contributed by atoms with Gasteiger partial charge in [-0.1, -0.05) is 302 Å². The predicted molar refractivity (Wildman–Crippen MR) is 271 cm³/mol. The molecule has 0 aliphatic carbocycles. The molecule has 0 rings (SSSR count). The van der Waals surface area contributed by atoms with E-state index in [-0.39, 0.29) is 5.97 Å². The number of hydrogen-bond donors (Lipinski definition) is 0. The zero-order valence-electron chi connectivity index (χ0n) is 41.9. The molecule has 0 aliphatic heterocycles. The number of hydrogen-bond acceptors (Lipinski definition) is 2. The topological polar surface area (TPSA) is 26.3 Å². The lowest BCUT2D eigenvalue weighted by molar-refractivity contribution is -0.143. The largest absolute Gasteiger partial charge is 0.466 e. The van der Waals surface area contributed by atoms with Crippen LogP contribution >= 0.6 is 0 Å². The van der Waals surface area contributed by atoms with Crippen molar-refractivity contribution in [3.8, 4) is 0 Å². The standard InChI is InChI=1S/C58H112O2/c1-4-6-7-8-9-10-11-12-33-37-40-43-46-49-52-55-58(59)60-56-53-50-47-44-41-38-35-32-30-28-26-24-22-20-18-16-14-13-15-17-19-21-23-25-27-29-31-34-36-39-42-45-48-51-54-57(3)5-2/h9-10,12,33,57H,4-8,11,13-32,34-56H2,1-3H3/b10-9-,33-12-. The number of carbonyl (C=O) groups excluding carboxylic acids is 1. The highest BCUT2D eigenvalue weighted by molar-refractivity contribution is 5.69. The van der Waals surface area contributed by atoms with Crippen molar-refractivity contribution in [2.75, 3.05) is 6.61 Å². The summed E-state index contributed by atoms with van der Waals surface area (Å²) in [5.41, 5.74) is 0. The van der Waals surface area contributed by atoms with Gasteiger partial charge in [-0.25, -0.2) is 0 Å². The molecule has 0 heterocycles. The number of unbranched alkanes of at least 4 members (excludes halogenated alkanes) is 41. The van der Waals surface area contributed by atoms with Crippen molar-refractivity contribution in [2.24, 2.45) is 5.92 Å². The number of rotatable bonds is 52. The normalized spacial score (nSPS) is 12.4. The highest BCUT2D eigenvalue weighted by Crippen LogP contribution is 2.18. The molecule has 0 aromatic carbocycles. The Labute approximate surface area is 379 Å². The van der Waals surface area contributed by atoms with Gasteiger partial charge in [0.1, 0.15) is 0 Å². The molecular formula is C58H112O2. The van der Waals surface area contributed by atoms with Gasteiger partial charge in [-0.05, 0) is 50.9 Å². The van der Waals surface area contributed by atoms with Crippen LogP contribution in [0.4, 0.5) is 0 Å². The number of esters is 1. The zero-order valence-corrected chi connectivity index (χ0v) is 41.9. The van der Waals surface area contributed by atoms with Crippen molar-refractivity contribution in [1.29, 1.82) is 0 Å². The molecule has 0 N–H and O–H groups in total. The second kappa shape index (κ2) is 54.1. The second-order valence-corrected chi connectivity index (χ2v) is 19.5. The van der Waals surface area contributed by atoms with Crippen LogP contribution in [0.2, 0.25) is 0 Å². The lowest BCUT2D eigenvalue weighted by Gasteiger charge is -2.07. The predicted octanol–water partition coefficient (Wildman–Crippen LogP) is 21.0. The van der Waals surface area contributed by atoms with Gasteiger partial charge in [0, 0.05) is 6.42 Å². The number of carbonyl (C=O) groups is 1. The summed E-state index contributed by atoms with van der Waals surface area (Å²) < 4.78 is 5.48. The lowest BCUT2D eigenvalue weighted by Crippen LogP contribution is -2.05. The fourth-order valence-electron chi connectivity index (χ4n) is 8.79. The van der Waals surface area contributed by atoms with Gasteiger partial charge in [-0.2, -0.15) is 0 Å².